The lowest BCUT2D eigenvalue weighted by Gasteiger charge is -2.15. The molecule has 1 heterocycles. The number of nitrogens with one attached hydrogen (secondary N) is 2. The van der Waals surface area contributed by atoms with Gasteiger partial charge in [0.15, 0.2) is 11.5 Å². The Morgan fingerprint density at radius 1 is 1.03 bits per heavy atom. The highest BCUT2D eigenvalue weighted by Crippen LogP contribution is 2.34. The lowest BCUT2D eigenvalue weighted by atomic mass is 10.1. The zero-order valence-corrected chi connectivity index (χ0v) is 16.6. The van der Waals surface area contributed by atoms with Crippen LogP contribution < -0.4 is 20.1 Å². The first kappa shape index (κ1) is 20.1. The average Bonchev–Trinajstić information content (AvgIpc) is 2.67. The fourth-order valence-corrected chi connectivity index (χ4v) is 2.94. The van der Waals surface area contributed by atoms with Crippen molar-refractivity contribution in [2.45, 2.75) is 26.8 Å². The van der Waals surface area contributed by atoms with Gasteiger partial charge < -0.3 is 20.1 Å². The van der Waals surface area contributed by atoms with Gasteiger partial charge in [-0.25, -0.2) is 9.97 Å². The van der Waals surface area contributed by atoms with Gasteiger partial charge in [-0.1, -0.05) is 12.1 Å². The monoisotopic (exact) mass is 394 g/mol. The molecule has 3 rings (SSSR count). The fourth-order valence-electron chi connectivity index (χ4n) is 2.94. The van der Waals surface area contributed by atoms with Crippen LogP contribution in [0.3, 0.4) is 0 Å². The van der Waals surface area contributed by atoms with E-state index in [1.807, 2.05) is 31.2 Å². The molecule has 8 nitrogen and oxygen atoms in total. The van der Waals surface area contributed by atoms with Crippen LogP contribution >= 0.6 is 0 Å². The third-order valence-electron chi connectivity index (χ3n) is 4.27. The van der Waals surface area contributed by atoms with Crippen LogP contribution in [0.4, 0.5) is 11.5 Å². The maximum Gasteiger partial charge on any atom is 0.308 e. The van der Waals surface area contributed by atoms with Crippen LogP contribution in [0.2, 0.25) is 0 Å². The summed E-state index contributed by atoms with van der Waals surface area (Å²) < 4.78 is 10.5. The summed E-state index contributed by atoms with van der Waals surface area (Å²) in [4.78, 5) is 31.2. The van der Waals surface area contributed by atoms with Crippen molar-refractivity contribution in [1.82, 2.24) is 15.3 Å². The van der Waals surface area contributed by atoms with Crippen molar-refractivity contribution in [1.29, 1.82) is 0 Å². The van der Waals surface area contributed by atoms with Crippen LogP contribution in [-0.2, 0) is 9.59 Å². The first-order valence-corrected chi connectivity index (χ1v) is 9.02. The number of nitrogens with zero attached hydrogens (tertiary/aromatic N) is 2. The molecule has 0 spiro atoms. The first-order valence-electron chi connectivity index (χ1n) is 9.02. The van der Waals surface area contributed by atoms with Gasteiger partial charge in [0.05, 0.1) is 18.7 Å². The van der Waals surface area contributed by atoms with Crippen LogP contribution in [0.5, 0.6) is 11.5 Å². The van der Waals surface area contributed by atoms with E-state index < -0.39 is 5.97 Å². The van der Waals surface area contributed by atoms with E-state index in [2.05, 4.69) is 20.6 Å². The molecule has 0 aliphatic heterocycles. The van der Waals surface area contributed by atoms with Gasteiger partial charge in [0.2, 0.25) is 5.91 Å². The van der Waals surface area contributed by atoms with Crippen LogP contribution in [0.1, 0.15) is 32.4 Å². The van der Waals surface area contributed by atoms with Gasteiger partial charge in [-0.2, -0.15) is 0 Å². The summed E-state index contributed by atoms with van der Waals surface area (Å²) in [6.07, 6.45) is 1.45. The Labute approximate surface area is 168 Å². The second-order valence-corrected chi connectivity index (χ2v) is 6.51. The predicted molar refractivity (Wildman–Crippen MR) is 109 cm³/mol. The SMILES string of the molecule is COc1cc2ncnc(Nc3ccc([C@H](C)NC(C)=O)cc3)c2cc1OC(C)=O. The number of benzene rings is 2. The highest BCUT2D eigenvalue weighted by molar-refractivity contribution is 5.93. The second-order valence-electron chi connectivity index (χ2n) is 6.51. The molecule has 29 heavy (non-hydrogen) atoms. The molecule has 1 amide bonds. The molecular formula is C21H22N4O4. The molecule has 1 atom stereocenters. The normalized spacial score (nSPS) is 11.6. The topological polar surface area (TPSA) is 102 Å². The maximum atomic E-state index is 11.4. The quantitative estimate of drug-likeness (QED) is 0.487. The van der Waals surface area contributed by atoms with Crippen LogP contribution in [-0.4, -0.2) is 29.0 Å². The van der Waals surface area contributed by atoms with Crippen LogP contribution in [0.25, 0.3) is 10.9 Å². The Hall–Kier alpha value is -3.68. The lowest BCUT2D eigenvalue weighted by molar-refractivity contribution is -0.132. The number of ether oxygens (including phenoxy) is 2. The minimum absolute atomic E-state index is 0.0776. The van der Waals surface area contributed by atoms with Gasteiger partial charge in [-0.05, 0) is 30.7 Å². The molecule has 0 aliphatic carbocycles. The summed E-state index contributed by atoms with van der Waals surface area (Å²) >= 11 is 0. The van der Waals surface area contributed by atoms with Crippen molar-refractivity contribution < 1.29 is 19.1 Å². The van der Waals surface area contributed by atoms with Gasteiger partial charge in [-0.15, -0.1) is 0 Å². The number of hydrogen-bond acceptors (Lipinski definition) is 7. The number of anilines is 2. The van der Waals surface area contributed by atoms with Gasteiger partial charge in [0, 0.05) is 31.0 Å². The molecule has 8 heteroatoms. The van der Waals surface area contributed by atoms with E-state index in [0.717, 1.165) is 11.3 Å². The van der Waals surface area contributed by atoms with Crippen molar-refractivity contribution in [3.8, 4) is 11.5 Å². The van der Waals surface area contributed by atoms with E-state index in [4.69, 9.17) is 9.47 Å². The molecule has 2 N–H and O–H groups in total. The number of aromatic nitrogens is 2. The third kappa shape index (κ3) is 4.78. The Kier molecular flexibility index (Phi) is 5.92. The summed E-state index contributed by atoms with van der Waals surface area (Å²) in [6, 6.07) is 10.9. The van der Waals surface area contributed by atoms with Crippen molar-refractivity contribution in [2.75, 3.05) is 12.4 Å². The minimum atomic E-state index is -0.446. The number of carbonyl (C=O) groups excluding carboxylic acids is 2. The van der Waals surface area contributed by atoms with E-state index in [0.29, 0.717) is 28.2 Å². The van der Waals surface area contributed by atoms with E-state index in [-0.39, 0.29) is 11.9 Å². The van der Waals surface area contributed by atoms with Crippen LogP contribution in [0.15, 0.2) is 42.7 Å². The first-order chi connectivity index (χ1) is 13.9. The number of hydrogen-bond donors (Lipinski definition) is 2. The standard InChI is InChI=1S/C21H22N4O4/c1-12(24-13(2)26)15-5-7-16(8-6-15)25-21-17-9-20(29-14(3)27)19(28-4)10-18(17)22-11-23-21/h5-12H,1-4H3,(H,24,26)(H,22,23,25)/t12-/m0/s1. The highest BCUT2D eigenvalue weighted by atomic mass is 16.6. The van der Waals surface area contributed by atoms with Crippen LogP contribution in [0, 0.1) is 0 Å². The lowest BCUT2D eigenvalue weighted by Crippen LogP contribution is -2.23. The summed E-state index contributed by atoms with van der Waals surface area (Å²) in [5.41, 5.74) is 2.44. The average molecular weight is 394 g/mol. The fraction of sp³-hybridized carbons (Fsp3) is 0.238. The van der Waals surface area contributed by atoms with Crippen molar-refractivity contribution in [3.05, 3.63) is 48.3 Å². The summed E-state index contributed by atoms with van der Waals surface area (Å²) in [5, 5.41) is 6.78. The molecule has 2 aromatic carbocycles. The molecule has 0 unspecified atom stereocenters. The number of methoxy groups -OCH3 is 1. The molecular weight excluding hydrogens is 372 g/mol. The van der Waals surface area contributed by atoms with Gasteiger partial charge >= 0.3 is 5.97 Å². The molecule has 0 radical (unpaired) electrons. The predicted octanol–water partition coefficient (Wildman–Crippen LogP) is 3.50. The van der Waals surface area contributed by atoms with Gasteiger partial charge in [0.25, 0.3) is 0 Å². The van der Waals surface area contributed by atoms with Crippen molar-refractivity contribution >= 4 is 34.3 Å². The zero-order valence-electron chi connectivity index (χ0n) is 16.6. The van der Waals surface area contributed by atoms with E-state index in [1.54, 1.807) is 12.1 Å². The van der Waals surface area contributed by atoms with E-state index in [1.165, 1.54) is 27.3 Å². The zero-order chi connectivity index (χ0) is 21.0. The Balaban J connectivity index is 1.91. The number of fused-ring (bicyclic) bond motifs is 1. The molecule has 0 bridgehead atoms. The number of esters is 1. The Morgan fingerprint density at radius 3 is 2.38 bits per heavy atom. The summed E-state index contributed by atoms with van der Waals surface area (Å²) in [5.74, 6) is 0.747. The molecule has 0 fully saturated rings. The van der Waals surface area contributed by atoms with E-state index in [9.17, 15) is 9.59 Å². The molecule has 0 aliphatic rings. The molecule has 150 valence electrons. The number of amides is 1. The number of carbonyl (C=O) groups is 2. The van der Waals surface area contributed by atoms with Crippen molar-refractivity contribution in [2.24, 2.45) is 0 Å². The Morgan fingerprint density at radius 2 is 1.76 bits per heavy atom. The third-order valence-corrected chi connectivity index (χ3v) is 4.27. The number of rotatable bonds is 6. The van der Waals surface area contributed by atoms with E-state index >= 15 is 0 Å². The van der Waals surface area contributed by atoms with Crippen molar-refractivity contribution in [3.63, 3.8) is 0 Å². The summed E-state index contributed by atoms with van der Waals surface area (Å²) in [6.45, 7) is 4.74. The summed E-state index contributed by atoms with van der Waals surface area (Å²) in [7, 11) is 1.50. The Bertz CT molecular complexity index is 1050. The largest absolute Gasteiger partial charge is 0.493 e. The highest BCUT2D eigenvalue weighted by Gasteiger charge is 2.13. The van der Waals surface area contributed by atoms with Gasteiger partial charge in [0.1, 0.15) is 12.1 Å². The molecule has 0 saturated carbocycles. The minimum Gasteiger partial charge on any atom is -0.493 e. The smallest absolute Gasteiger partial charge is 0.308 e. The maximum absolute atomic E-state index is 11.4. The molecule has 1 aromatic heterocycles. The van der Waals surface area contributed by atoms with Gasteiger partial charge in [-0.3, -0.25) is 9.59 Å². The molecule has 3 aromatic rings. The molecule has 0 saturated heterocycles. The second kappa shape index (κ2) is 8.55.